The van der Waals surface area contributed by atoms with Crippen LogP contribution in [0, 0.1) is 11.3 Å². The maximum Gasteiger partial charge on any atom is 0.247 e. The fourth-order valence-corrected chi connectivity index (χ4v) is 3.63. The van der Waals surface area contributed by atoms with Crippen LogP contribution in [0.15, 0.2) is 30.3 Å². The van der Waals surface area contributed by atoms with Gasteiger partial charge in [0.15, 0.2) is 0 Å². The summed E-state index contributed by atoms with van der Waals surface area (Å²) >= 11 is 0. The van der Waals surface area contributed by atoms with Gasteiger partial charge in [0.25, 0.3) is 0 Å². The molecule has 1 fully saturated rings. The molecule has 1 atom stereocenters. The molecule has 122 valence electrons. The zero-order valence-electron chi connectivity index (χ0n) is 13.3. The first-order valence-corrected chi connectivity index (χ1v) is 9.54. The van der Waals surface area contributed by atoms with Gasteiger partial charge in [-0.1, -0.05) is 12.1 Å². The molecule has 0 aliphatic heterocycles. The number of sulfone groups is 1. The van der Waals surface area contributed by atoms with E-state index in [-0.39, 0.29) is 23.7 Å². The first kappa shape index (κ1) is 17.2. The van der Waals surface area contributed by atoms with Crippen LogP contribution in [0.3, 0.4) is 0 Å². The highest BCUT2D eigenvalue weighted by Gasteiger charge is 2.35. The Morgan fingerprint density at radius 1 is 1.48 bits per heavy atom. The minimum atomic E-state index is -3.14. The Labute approximate surface area is 137 Å². The van der Waals surface area contributed by atoms with Gasteiger partial charge in [0, 0.05) is 24.4 Å². The molecular formula is C17H20N2O3S. The number of amides is 1. The minimum Gasteiger partial charge on any atom is -0.332 e. The monoisotopic (exact) mass is 332 g/mol. The topological polar surface area (TPSA) is 78.2 Å². The van der Waals surface area contributed by atoms with Gasteiger partial charge in [0.1, 0.15) is 9.84 Å². The van der Waals surface area contributed by atoms with E-state index in [2.05, 4.69) is 6.07 Å². The van der Waals surface area contributed by atoms with Crippen LogP contribution in [0.4, 0.5) is 0 Å². The van der Waals surface area contributed by atoms with Gasteiger partial charge in [-0.25, -0.2) is 8.42 Å². The van der Waals surface area contributed by atoms with Gasteiger partial charge in [0.2, 0.25) is 5.91 Å². The molecule has 0 unspecified atom stereocenters. The quantitative estimate of drug-likeness (QED) is 0.746. The van der Waals surface area contributed by atoms with Crippen LogP contribution in [-0.4, -0.2) is 43.3 Å². The Bertz CT molecular complexity index is 758. The van der Waals surface area contributed by atoms with Crippen LogP contribution in [0.2, 0.25) is 0 Å². The molecule has 6 heteroatoms. The van der Waals surface area contributed by atoms with E-state index in [1.54, 1.807) is 36.1 Å². The first-order valence-electron chi connectivity index (χ1n) is 7.48. The van der Waals surface area contributed by atoms with E-state index in [0.717, 1.165) is 18.4 Å². The predicted molar refractivity (Wildman–Crippen MR) is 89.2 cm³/mol. The number of nitrogens with zero attached hydrogens (tertiary/aromatic N) is 2. The highest BCUT2D eigenvalue weighted by molar-refractivity contribution is 7.90. The van der Waals surface area contributed by atoms with Gasteiger partial charge in [-0.2, -0.15) is 5.26 Å². The van der Waals surface area contributed by atoms with Crippen LogP contribution >= 0.6 is 0 Å². The normalized spacial score (nSPS) is 16.0. The van der Waals surface area contributed by atoms with E-state index in [1.807, 2.05) is 6.07 Å². The predicted octanol–water partition coefficient (Wildman–Crippen LogP) is 2.00. The number of rotatable bonds is 6. The minimum absolute atomic E-state index is 0.0347. The lowest BCUT2D eigenvalue weighted by molar-refractivity contribution is -0.128. The maximum atomic E-state index is 12.5. The number of hydrogen-bond donors (Lipinski definition) is 0. The molecule has 2 rings (SSSR count). The molecule has 23 heavy (non-hydrogen) atoms. The van der Waals surface area contributed by atoms with Crippen molar-refractivity contribution >= 4 is 21.8 Å². The second-order valence-electron chi connectivity index (χ2n) is 5.99. The molecule has 0 aromatic heterocycles. The highest BCUT2D eigenvalue weighted by atomic mass is 32.2. The van der Waals surface area contributed by atoms with Crippen molar-refractivity contribution in [3.05, 3.63) is 41.5 Å². The number of nitriles is 1. The summed E-state index contributed by atoms with van der Waals surface area (Å²) in [6, 6.07) is 8.81. The zero-order valence-corrected chi connectivity index (χ0v) is 14.1. The van der Waals surface area contributed by atoms with Gasteiger partial charge in [-0.05, 0) is 43.5 Å². The number of hydrogen-bond acceptors (Lipinski definition) is 4. The molecule has 0 heterocycles. The van der Waals surface area contributed by atoms with E-state index in [9.17, 15) is 13.2 Å². The standard InChI is InChI=1S/C17H20N2O3S/c1-13(12-23(2,21)22)19(16-7-8-16)17(20)9-6-14-4-3-5-15(10-14)11-18/h3-6,9-10,13,16H,7-8,12H2,1-2H3/b9-6-/t13-/m0/s1. The van der Waals surface area contributed by atoms with Crippen molar-refractivity contribution in [1.29, 1.82) is 5.26 Å². The van der Waals surface area contributed by atoms with Crippen molar-refractivity contribution in [2.45, 2.75) is 31.8 Å². The van der Waals surface area contributed by atoms with E-state index < -0.39 is 9.84 Å². The first-order chi connectivity index (χ1) is 10.8. The molecular weight excluding hydrogens is 312 g/mol. The van der Waals surface area contributed by atoms with Crippen molar-refractivity contribution in [1.82, 2.24) is 4.90 Å². The Kier molecular flexibility index (Phi) is 5.22. The van der Waals surface area contributed by atoms with Crippen LogP contribution in [-0.2, 0) is 14.6 Å². The smallest absolute Gasteiger partial charge is 0.247 e. The van der Waals surface area contributed by atoms with Gasteiger partial charge < -0.3 is 4.90 Å². The molecule has 0 N–H and O–H groups in total. The summed E-state index contributed by atoms with van der Waals surface area (Å²) < 4.78 is 23.0. The van der Waals surface area contributed by atoms with Crippen molar-refractivity contribution in [2.24, 2.45) is 0 Å². The lowest BCUT2D eigenvalue weighted by atomic mass is 10.1. The third kappa shape index (κ3) is 5.22. The summed E-state index contributed by atoms with van der Waals surface area (Å²) in [5.41, 5.74) is 1.30. The number of carbonyl (C=O) groups is 1. The Morgan fingerprint density at radius 2 is 2.17 bits per heavy atom. The van der Waals surface area contributed by atoms with Crippen molar-refractivity contribution in [3.63, 3.8) is 0 Å². The van der Waals surface area contributed by atoms with Gasteiger partial charge in [-0.3, -0.25) is 4.79 Å². The molecule has 1 amide bonds. The SMILES string of the molecule is C[C@@H](CS(C)(=O)=O)N(C(=O)/C=C\c1cccc(C#N)c1)C1CC1. The Hall–Kier alpha value is -2.13. The largest absolute Gasteiger partial charge is 0.332 e. The Balaban J connectivity index is 2.12. The number of carbonyl (C=O) groups excluding carboxylic acids is 1. The van der Waals surface area contributed by atoms with Crippen molar-refractivity contribution < 1.29 is 13.2 Å². The van der Waals surface area contributed by atoms with E-state index in [0.29, 0.717) is 5.56 Å². The summed E-state index contributed by atoms with van der Waals surface area (Å²) in [5.74, 6) is -0.224. The average Bonchev–Trinajstić information content (AvgIpc) is 3.28. The molecule has 1 aliphatic carbocycles. The Morgan fingerprint density at radius 3 is 2.74 bits per heavy atom. The van der Waals surface area contributed by atoms with E-state index in [1.165, 1.54) is 12.3 Å². The zero-order chi connectivity index (χ0) is 17.0. The van der Waals surface area contributed by atoms with Crippen LogP contribution < -0.4 is 0 Å². The van der Waals surface area contributed by atoms with Crippen molar-refractivity contribution in [2.75, 3.05) is 12.0 Å². The second kappa shape index (κ2) is 6.97. The van der Waals surface area contributed by atoms with E-state index >= 15 is 0 Å². The van der Waals surface area contributed by atoms with Gasteiger partial charge >= 0.3 is 0 Å². The lowest BCUT2D eigenvalue weighted by Gasteiger charge is -2.27. The summed E-state index contributed by atoms with van der Waals surface area (Å²) in [4.78, 5) is 14.1. The molecule has 1 aliphatic rings. The maximum absolute atomic E-state index is 12.5. The summed E-state index contributed by atoms with van der Waals surface area (Å²) in [7, 11) is -3.14. The van der Waals surface area contributed by atoms with Crippen LogP contribution in [0.5, 0.6) is 0 Å². The summed E-state index contributed by atoms with van der Waals surface area (Å²) in [6.07, 6.45) is 6.12. The van der Waals surface area contributed by atoms with Gasteiger partial charge in [-0.15, -0.1) is 0 Å². The average molecular weight is 332 g/mol. The van der Waals surface area contributed by atoms with Crippen LogP contribution in [0.1, 0.15) is 30.9 Å². The lowest BCUT2D eigenvalue weighted by Crippen LogP contribution is -2.43. The van der Waals surface area contributed by atoms with E-state index in [4.69, 9.17) is 5.26 Å². The highest BCUT2D eigenvalue weighted by Crippen LogP contribution is 2.29. The molecule has 0 bridgehead atoms. The fourth-order valence-electron chi connectivity index (χ4n) is 2.59. The summed E-state index contributed by atoms with van der Waals surface area (Å²) in [5, 5.41) is 8.88. The number of benzene rings is 1. The molecule has 0 radical (unpaired) electrons. The molecule has 5 nitrogen and oxygen atoms in total. The third-order valence-corrected chi connectivity index (χ3v) is 4.74. The molecule has 1 aromatic carbocycles. The molecule has 0 spiro atoms. The fraction of sp³-hybridized carbons (Fsp3) is 0.412. The molecule has 1 saturated carbocycles. The van der Waals surface area contributed by atoms with Crippen LogP contribution in [0.25, 0.3) is 6.08 Å². The third-order valence-electron chi connectivity index (χ3n) is 3.65. The molecule has 0 saturated heterocycles. The van der Waals surface area contributed by atoms with Crippen molar-refractivity contribution in [3.8, 4) is 6.07 Å². The van der Waals surface area contributed by atoms with Gasteiger partial charge in [0.05, 0.1) is 17.4 Å². The molecule has 1 aromatic rings. The summed E-state index contributed by atoms with van der Waals surface area (Å²) in [6.45, 7) is 1.77. The second-order valence-corrected chi connectivity index (χ2v) is 8.17.